The summed E-state index contributed by atoms with van der Waals surface area (Å²) in [5, 5.41) is 0. The summed E-state index contributed by atoms with van der Waals surface area (Å²) < 4.78 is 13.8. The van der Waals surface area contributed by atoms with Crippen LogP contribution in [-0.4, -0.2) is 5.54 Å². The molecular formula is C17H25BrFN. The third kappa shape index (κ3) is 4.05. The van der Waals surface area contributed by atoms with Gasteiger partial charge in [0.25, 0.3) is 0 Å². The van der Waals surface area contributed by atoms with E-state index in [2.05, 4.69) is 29.8 Å². The molecule has 0 heterocycles. The molecule has 0 saturated heterocycles. The molecule has 3 heteroatoms. The van der Waals surface area contributed by atoms with Crippen LogP contribution in [0.25, 0.3) is 0 Å². The number of rotatable bonds is 3. The second kappa shape index (κ2) is 6.57. The minimum atomic E-state index is -0.208. The van der Waals surface area contributed by atoms with Crippen molar-refractivity contribution in [3.63, 3.8) is 0 Å². The minimum Gasteiger partial charge on any atom is -0.325 e. The van der Waals surface area contributed by atoms with E-state index in [9.17, 15) is 4.39 Å². The fourth-order valence-electron chi connectivity index (χ4n) is 3.36. The van der Waals surface area contributed by atoms with Gasteiger partial charge in [-0.1, -0.05) is 32.8 Å². The zero-order chi connectivity index (χ0) is 14.8. The molecule has 1 aromatic rings. The Balaban J connectivity index is 2.05. The van der Waals surface area contributed by atoms with Crippen LogP contribution in [0.4, 0.5) is 4.39 Å². The Morgan fingerprint density at radius 3 is 2.75 bits per heavy atom. The van der Waals surface area contributed by atoms with Crippen molar-refractivity contribution in [3.8, 4) is 0 Å². The highest BCUT2D eigenvalue weighted by Gasteiger charge is 2.30. The van der Waals surface area contributed by atoms with Gasteiger partial charge in [-0.05, 0) is 71.1 Å². The maximum atomic E-state index is 13.3. The molecule has 0 aliphatic heterocycles. The molecule has 1 aromatic carbocycles. The van der Waals surface area contributed by atoms with Gasteiger partial charge in [-0.25, -0.2) is 4.39 Å². The summed E-state index contributed by atoms with van der Waals surface area (Å²) in [4.78, 5) is 0. The fourth-order valence-corrected chi connectivity index (χ4v) is 3.78. The van der Waals surface area contributed by atoms with Crippen molar-refractivity contribution in [2.45, 2.75) is 57.9 Å². The van der Waals surface area contributed by atoms with E-state index in [-0.39, 0.29) is 11.4 Å². The number of benzene rings is 1. The smallest absolute Gasteiger partial charge is 0.137 e. The predicted octanol–water partition coefficient (Wildman–Crippen LogP) is 5.06. The van der Waals surface area contributed by atoms with Crippen molar-refractivity contribution in [1.82, 2.24) is 0 Å². The van der Waals surface area contributed by atoms with Gasteiger partial charge in [0.1, 0.15) is 5.82 Å². The molecule has 1 saturated carbocycles. The lowest BCUT2D eigenvalue weighted by molar-refractivity contribution is 0.321. The van der Waals surface area contributed by atoms with Crippen molar-refractivity contribution in [1.29, 1.82) is 0 Å². The van der Waals surface area contributed by atoms with Gasteiger partial charge in [-0.3, -0.25) is 0 Å². The van der Waals surface area contributed by atoms with Crippen LogP contribution in [-0.2, 0) is 6.42 Å². The van der Waals surface area contributed by atoms with Gasteiger partial charge in [0.05, 0.1) is 4.47 Å². The van der Waals surface area contributed by atoms with Crippen molar-refractivity contribution in [2.24, 2.45) is 17.6 Å². The lowest BCUT2D eigenvalue weighted by atomic mass is 9.83. The van der Waals surface area contributed by atoms with E-state index in [1.165, 1.54) is 25.3 Å². The largest absolute Gasteiger partial charge is 0.325 e. The average Bonchev–Trinajstić information content (AvgIpc) is 2.56. The standard InChI is InChI=1S/C17H25BrFN/c1-12(2)14-4-3-8-17(20,9-7-14)11-13-5-6-16(19)15(18)10-13/h5-6,10,12,14H,3-4,7-9,11,20H2,1-2H3. The molecule has 1 nitrogen and oxygen atoms in total. The second-order valence-electron chi connectivity index (χ2n) is 6.72. The molecule has 1 aliphatic rings. The predicted molar refractivity (Wildman–Crippen MR) is 86.1 cm³/mol. The SMILES string of the molecule is CC(C)C1CCCC(N)(Cc2ccc(F)c(Br)c2)CC1. The van der Waals surface area contributed by atoms with E-state index < -0.39 is 0 Å². The van der Waals surface area contributed by atoms with Gasteiger partial charge in [0.15, 0.2) is 0 Å². The van der Waals surface area contributed by atoms with Crippen LogP contribution in [0.5, 0.6) is 0 Å². The van der Waals surface area contributed by atoms with Crippen LogP contribution < -0.4 is 5.73 Å². The first-order valence-electron chi connectivity index (χ1n) is 7.62. The Bertz CT molecular complexity index is 460. The second-order valence-corrected chi connectivity index (χ2v) is 7.58. The molecule has 0 radical (unpaired) electrons. The van der Waals surface area contributed by atoms with Crippen LogP contribution in [0, 0.1) is 17.7 Å². The van der Waals surface area contributed by atoms with Crippen molar-refractivity contribution in [2.75, 3.05) is 0 Å². The summed E-state index contributed by atoms with van der Waals surface area (Å²) in [7, 11) is 0. The fraction of sp³-hybridized carbons (Fsp3) is 0.647. The Labute approximate surface area is 130 Å². The first-order chi connectivity index (χ1) is 9.39. The van der Waals surface area contributed by atoms with E-state index in [0.29, 0.717) is 4.47 Å². The van der Waals surface area contributed by atoms with Gasteiger partial charge >= 0.3 is 0 Å². The van der Waals surface area contributed by atoms with Crippen molar-refractivity contribution in [3.05, 3.63) is 34.1 Å². The van der Waals surface area contributed by atoms with Gasteiger partial charge in [0.2, 0.25) is 0 Å². The first-order valence-corrected chi connectivity index (χ1v) is 8.42. The van der Waals surface area contributed by atoms with Crippen LogP contribution in [0.15, 0.2) is 22.7 Å². The van der Waals surface area contributed by atoms with Crippen LogP contribution in [0.3, 0.4) is 0 Å². The molecule has 20 heavy (non-hydrogen) atoms. The van der Waals surface area contributed by atoms with Crippen LogP contribution in [0.2, 0.25) is 0 Å². The molecule has 2 atom stereocenters. The highest BCUT2D eigenvalue weighted by atomic mass is 79.9. The molecule has 1 aliphatic carbocycles. The number of hydrogen-bond acceptors (Lipinski definition) is 1. The topological polar surface area (TPSA) is 26.0 Å². The highest BCUT2D eigenvalue weighted by Crippen LogP contribution is 2.34. The molecule has 2 unspecified atom stereocenters. The summed E-state index contributed by atoms with van der Waals surface area (Å²) in [6.45, 7) is 4.62. The van der Waals surface area contributed by atoms with E-state index >= 15 is 0 Å². The van der Waals surface area contributed by atoms with Gasteiger partial charge < -0.3 is 5.73 Å². The lowest BCUT2D eigenvalue weighted by Gasteiger charge is -2.29. The van der Waals surface area contributed by atoms with Gasteiger partial charge in [-0.15, -0.1) is 0 Å². The third-order valence-electron chi connectivity index (χ3n) is 4.75. The number of halogens is 2. The maximum Gasteiger partial charge on any atom is 0.137 e. The van der Waals surface area contributed by atoms with E-state index in [1.54, 1.807) is 0 Å². The van der Waals surface area contributed by atoms with Crippen molar-refractivity contribution >= 4 is 15.9 Å². The van der Waals surface area contributed by atoms with Crippen LogP contribution >= 0.6 is 15.9 Å². The Morgan fingerprint density at radius 1 is 1.35 bits per heavy atom. The lowest BCUT2D eigenvalue weighted by Crippen LogP contribution is -2.41. The van der Waals surface area contributed by atoms with E-state index in [0.717, 1.165) is 36.7 Å². The maximum absolute atomic E-state index is 13.3. The van der Waals surface area contributed by atoms with Gasteiger partial charge in [0, 0.05) is 5.54 Å². The average molecular weight is 342 g/mol. The first kappa shape index (κ1) is 16.0. The summed E-state index contributed by atoms with van der Waals surface area (Å²) in [6, 6.07) is 5.25. The molecule has 0 amide bonds. The van der Waals surface area contributed by atoms with Gasteiger partial charge in [-0.2, -0.15) is 0 Å². The van der Waals surface area contributed by atoms with Crippen LogP contribution in [0.1, 0.15) is 51.5 Å². The van der Waals surface area contributed by atoms with E-state index in [1.807, 2.05) is 12.1 Å². The zero-order valence-electron chi connectivity index (χ0n) is 12.5. The summed E-state index contributed by atoms with van der Waals surface area (Å²) in [5.74, 6) is 1.35. The summed E-state index contributed by atoms with van der Waals surface area (Å²) in [6.07, 6.45) is 6.72. The number of hydrogen-bond donors (Lipinski definition) is 1. The normalized spacial score (nSPS) is 27.6. The monoisotopic (exact) mass is 341 g/mol. The molecular weight excluding hydrogens is 317 g/mol. The molecule has 112 valence electrons. The Kier molecular flexibility index (Phi) is 5.25. The van der Waals surface area contributed by atoms with Crippen molar-refractivity contribution < 1.29 is 4.39 Å². The number of nitrogens with two attached hydrogens (primary N) is 1. The highest BCUT2D eigenvalue weighted by molar-refractivity contribution is 9.10. The Hall–Kier alpha value is -0.410. The molecule has 2 N–H and O–H groups in total. The molecule has 1 fully saturated rings. The quantitative estimate of drug-likeness (QED) is 0.763. The molecule has 0 spiro atoms. The molecule has 0 aromatic heterocycles. The Morgan fingerprint density at radius 2 is 2.10 bits per heavy atom. The molecule has 2 rings (SSSR count). The van der Waals surface area contributed by atoms with E-state index in [4.69, 9.17) is 5.73 Å². The summed E-state index contributed by atoms with van der Waals surface area (Å²) in [5.41, 5.74) is 7.64. The third-order valence-corrected chi connectivity index (χ3v) is 5.35. The zero-order valence-corrected chi connectivity index (χ0v) is 14.0. The molecule has 0 bridgehead atoms. The summed E-state index contributed by atoms with van der Waals surface area (Å²) >= 11 is 3.26. The minimum absolute atomic E-state index is 0.124.